The van der Waals surface area contributed by atoms with Crippen LogP contribution in [0, 0.1) is 30.1 Å². The molecule has 33 heavy (non-hydrogen) atoms. The number of carbonyl (C=O) groups excluding carboxylic acids is 1. The fourth-order valence-electron chi connectivity index (χ4n) is 6.89. The topological polar surface area (TPSA) is 76.1 Å². The van der Waals surface area contributed by atoms with Crippen LogP contribution in [0.3, 0.4) is 0 Å². The van der Waals surface area contributed by atoms with Crippen LogP contribution in [0.15, 0.2) is 6.07 Å². The molecule has 3 heterocycles. The molecule has 5 aliphatic rings. The summed E-state index contributed by atoms with van der Waals surface area (Å²) in [4.78, 5) is 19.0. The van der Waals surface area contributed by atoms with Gasteiger partial charge in [-0.3, -0.25) is 9.78 Å². The molecule has 3 aliphatic carbocycles. The standard InChI is InChI=1S/C25H32BrNO6/c1-6-7-15-16-14(10-13(2)27-15)23(26)18(20(16)28)17-19(21-25(23,29-5)31-9-8-30-21)24(17)32-11-22(3,4)12-33-24/h10,17-19,21H,6-9,11-12H2,1-5H3/t17-,18+,19-,21+,23+,25-/m1/s1. The fourth-order valence-corrected chi connectivity index (χ4v) is 8.19. The lowest BCUT2D eigenvalue weighted by Gasteiger charge is -2.54. The van der Waals surface area contributed by atoms with Gasteiger partial charge in [-0.1, -0.05) is 43.1 Å². The van der Waals surface area contributed by atoms with Crippen molar-refractivity contribution in [2.75, 3.05) is 33.5 Å². The molecule has 1 aromatic heterocycles. The maximum Gasteiger partial charge on any atom is 0.215 e. The Balaban J connectivity index is 1.56. The Bertz CT molecular complexity index is 1020. The zero-order valence-electron chi connectivity index (χ0n) is 19.9. The first kappa shape index (κ1) is 22.6. The highest BCUT2D eigenvalue weighted by Gasteiger charge is 2.89. The highest BCUT2D eigenvalue weighted by Crippen LogP contribution is 2.77. The van der Waals surface area contributed by atoms with E-state index in [1.807, 2.05) is 13.0 Å². The number of methoxy groups -OCH3 is 1. The summed E-state index contributed by atoms with van der Waals surface area (Å²) in [6.07, 6.45) is 1.22. The zero-order valence-corrected chi connectivity index (χ0v) is 21.5. The molecular weight excluding hydrogens is 490 g/mol. The van der Waals surface area contributed by atoms with Crippen molar-refractivity contribution in [3.8, 4) is 0 Å². The number of pyridine rings is 1. The second-order valence-corrected chi connectivity index (χ2v) is 12.2. The van der Waals surface area contributed by atoms with Gasteiger partial charge in [0.05, 0.1) is 44.0 Å². The molecule has 2 saturated carbocycles. The van der Waals surface area contributed by atoms with Crippen LogP contribution in [0.5, 0.6) is 0 Å². The quantitative estimate of drug-likeness (QED) is 0.563. The lowest BCUT2D eigenvalue weighted by Crippen LogP contribution is -2.68. The summed E-state index contributed by atoms with van der Waals surface area (Å²) in [6.45, 7) is 10.3. The van der Waals surface area contributed by atoms with Crippen molar-refractivity contribution in [2.24, 2.45) is 23.2 Å². The average Bonchev–Trinajstić information content (AvgIpc) is 3.35. The molecule has 4 fully saturated rings. The van der Waals surface area contributed by atoms with E-state index < -0.39 is 27.9 Å². The van der Waals surface area contributed by atoms with Crippen molar-refractivity contribution < 1.29 is 28.5 Å². The van der Waals surface area contributed by atoms with Gasteiger partial charge in [0.1, 0.15) is 10.4 Å². The van der Waals surface area contributed by atoms with Crippen LogP contribution in [0.2, 0.25) is 0 Å². The molecule has 7 nitrogen and oxygen atoms in total. The lowest BCUT2D eigenvalue weighted by molar-refractivity contribution is -0.352. The number of aromatic nitrogens is 1. The van der Waals surface area contributed by atoms with Gasteiger partial charge in [0, 0.05) is 29.7 Å². The summed E-state index contributed by atoms with van der Waals surface area (Å²) in [6, 6.07) is 2.01. The van der Waals surface area contributed by atoms with Crippen molar-refractivity contribution in [3.63, 3.8) is 0 Å². The monoisotopic (exact) mass is 521 g/mol. The highest BCUT2D eigenvalue weighted by atomic mass is 79.9. The van der Waals surface area contributed by atoms with Gasteiger partial charge in [-0.2, -0.15) is 0 Å². The van der Waals surface area contributed by atoms with E-state index in [0.717, 1.165) is 29.8 Å². The Morgan fingerprint density at radius 2 is 1.91 bits per heavy atom. The smallest absolute Gasteiger partial charge is 0.215 e. The molecule has 1 spiro atoms. The molecular formula is C25H32BrNO6. The number of fused-ring (bicyclic) bond motifs is 10. The predicted octanol–water partition coefficient (Wildman–Crippen LogP) is 3.53. The molecule has 0 bridgehead atoms. The van der Waals surface area contributed by atoms with Gasteiger partial charge in [0.2, 0.25) is 5.79 Å². The number of halogens is 1. The Kier molecular flexibility index (Phi) is 4.84. The molecule has 6 atom stereocenters. The van der Waals surface area contributed by atoms with Crippen molar-refractivity contribution in [1.29, 1.82) is 0 Å². The molecule has 8 heteroatoms. The van der Waals surface area contributed by atoms with Gasteiger partial charge in [-0.15, -0.1) is 0 Å². The van der Waals surface area contributed by atoms with Gasteiger partial charge < -0.3 is 23.7 Å². The normalized spacial score (nSPS) is 41.8. The largest absolute Gasteiger partial charge is 0.370 e. The number of aryl methyl sites for hydroxylation is 2. The van der Waals surface area contributed by atoms with E-state index in [4.69, 9.17) is 28.7 Å². The highest BCUT2D eigenvalue weighted by molar-refractivity contribution is 9.09. The minimum Gasteiger partial charge on any atom is -0.370 e. The first-order chi connectivity index (χ1) is 15.7. The van der Waals surface area contributed by atoms with E-state index in [1.165, 1.54) is 0 Å². The van der Waals surface area contributed by atoms with E-state index >= 15 is 0 Å². The number of nitrogens with zero attached hydrogens (tertiary/aromatic N) is 1. The van der Waals surface area contributed by atoms with E-state index in [1.54, 1.807) is 7.11 Å². The number of Topliss-reactive ketones (excluding diaryl/α,β-unsaturated/α-hetero) is 1. The van der Waals surface area contributed by atoms with E-state index in [9.17, 15) is 4.79 Å². The first-order valence-electron chi connectivity index (χ1n) is 12.0. The van der Waals surface area contributed by atoms with Gasteiger partial charge >= 0.3 is 0 Å². The number of hydrogen-bond donors (Lipinski definition) is 0. The van der Waals surface area contributed by atoms with Crippen LogP contribution in [-0.2, 0) is 34.4 Å². The number of carbonyl (C=O) groups is 1. The number of rotatable bonds is 3. The minimum atomic E-state index is -1.18. The molecule has 6 rings (SSSR count). The summed E-state index contributed by atoms with van der Waals surface area (Å²) >= 11 is 4.09. The fraction of sp³-hybridized carbons (Fsp3) is 0.760. The third-order valence-electron chi connectivity index (χ3n) is 8.21. The summed E-state index contributed by atoms with van der Waals surface area (Å²) in [5, 5.41) is 0. The summed E-state index contributed by atoms with van der Waals surface area (Å²) < 4.78 is 31.1. The van der Waals surface area contributed by atoms with Crippen molar-refractivity contribution >= 4 is 21.7 Å². The van der Waals surface area contributed by atoms with Gasteiger partial charge in [-0.25, -0.2) is 0 Å². The Morgan fingerprint density at radius 3 is 2.58 bits per heavy atom. The molecule has 2 saturated heterocycles. The SMILES string of the molecule is CCCc1nc(C)cc2c1C(=O)[C@@H]1[C@@H]3[C@H]([C@@H]4OCCO[C@@]4(OC)[C@]21Br)C31OCC(C)(C)CO1. The number of ketones is 1. The summed E-state index contributed by atoms with van der Waals surface area (Å²) in [5.41, 5.74) is 3.24. The molecule has 0 radical (unpaired) electrons. The molecule has 0 aromatic carbocycles. The average molecular weight is 522 g/mol. The van der Waals surface area contributed by atoms with Gasteiger partial charge in [0.15, 0.2) is 11.6 Å². The maximum atomic E-state index is 14.2. The lowest BCUT2D eigenvalue weighted by atomic mass is 9.72. The van der Waals surface area contributed by atoms with Crippen molar-refractivity contribution in [1.82, 2.24) is 4.98 Å². The number of ether oxygens (including phenoxy) is 5. The minimum absolute atomic E-state index is 0.0748. The van der Waals surface area contributed by atoms with Crippen LogP contribution in [0.1, 0.15) is 54.5 Å². The van der Waals surface area contributed by atoms with Gasteiger partial charge in [-0.05, 0) is 25.0 Å². The molecule has 0 unspecified atom stereocenters. The van der Waals surface area contributed by atoms with E-state index in [2.05, 4.69) is 36.7 Å². The maximum absolute atomic E-state index is 14.2. The van der Waals surface area contributed by atoms with E-state index in [0.29, 0.717) is 32.0 Å². The van der Waals surface area contributed by atoms with E-state index in [-0.39, 0.29) is 23.0 Å². The number of hydrogen-bond acceptors (Lipinski definition) is 7. The van der Waals surface area contributed by atoms with Crippen LogP contribution in [-0.4, -0.2) is 62.0 Å². The third-order valence-corrected chi connectivity index (χ3v) is 9.68. The van der Waals surface area contributed by atoms with Crippen LogP contribution in [0.4, 0.5) is 0 Å². The van der Waals surface area contributed by atoms with Crippen LogP contribution >= 0.6 is 15.9 Å². The van der Waals surface area contributed by atoms with Crippen molar-refractivity contribution in [2.45, 2.75) is 62.5 Å². The zero-order chi connectivity index (χ0) is 23.4. The molecule has 0 amide bonds. The molecule has 180 valence electrons. The number of alkyl halides is 1. The Morgan fingerprint density at radius 1 is 1.18 bits per heavy atom. The summed E-state index contributed by atoms with van der Waals surface area (Å²) in [7, 11) is 1.65. The molecule has 2 aliphatic heterocycles. The van der Waals surface area contributed by atoms with Crippen LogP contribution in [0.25, 0.3) is 0 Å². The van der Waals surface area contributed by atoms with Crippen molar-refractivity contribution in [3.05, 3.63) is 28.6 Å². The molecule has 0 N–H and O–H groups in total. The second kappa shape index (κ2) is 7.08. The first-order valence-corrected chi connectivity index (χ1v) is 12.8. The third kappa shape index (κ3) is 2.63. The predicted molar refractivity (Wildman–Crippen MR) is 122 cm³/mol. The second-order valence-electron chi connectivity index (χ2n) is 11.0. The van der Waals surface area contributed by atoms with Gasteiger partial charge in [0.25, 0.3) is 0 Å². The summed E-state index contributed by atoms with van der Waals surface area (Å²) in [5.74, 6) is -2.74. The Labute approximate surface area is 203 Å². The molecule has 1 aromatic rings. The Hall–Kier alpha value is -0.900. The van der Waals surface area contributed by atoms with Crippen LogP contribution < -0.4 is 0 Å².